The van der Waals surface area contributed by atoms with Crippen molar-refractivity contribution in [2.45, 2.75) is 110 Å². The third-order valence-electron chi connectivity index (χ3n) is 6.85. The maximum absolute atomic E-state index is 13.9. The Morgan fingerprint density at radius 3 is 0.816 bits per heavy atom. The van der Waals surface area contributed by atoms with Gasteiger partial charge < -0.3 is 36.3 Å². The fraction of sp³-hybridized carbons (Fsp3) is 0.548. The van der Waals surface area contributed by atoms with E-state index in [0.29, 0.717) is 11.1 Å². The zero-order valence-electron chi connectivity index (χ0n) is 25.2. The van der Waals surface area contributed by atoms with Crippen LogP contribution in [-0.4, -0.2) is 11.8 Å². The zero-order valence-corrected chi connectivity index (χ0v) is 28.3. The van der Waals surface area contributed by atoms with Crippen molar-refractivity contribution < 1.29 is 56.1 Å². The molecule has 38 heavy (non-hydrogen) atoms. The first kappa shape index (κ1) is 38.8. The predicted octanol–water partition coefficient (Wildman–Crippen LogP) is 0.139. The molecule has 2 aromatic rings. The second kappa shape index (κ2) is 12.5. The van der Waals surface area contributed by atoms with E-state index in [1.807, 2.05) is 36.4 Å². The molecule has 0 aliphatic carbocycles. The van der Waals surface area contributed by atoms with E-state index in [-0.39, 0.29) is 68.2 Å². The third-order valence-corrected chi connectivity index (χ3v) is 6.85. The van der Waals surface area contributed by atoms with Crippen molar-refractivity contribution in [1.29, 1.82) is 0 Å². The minimum Gasteiger partial charge on any atom is -1.00 e. The quantitative estimate of drug-likeness (QED) is 0.389. The van der Waals surface area contributed by atoms with Crippen LogP contribution in [0.5, 0.6) is 0 Å². The van der Waals surface area contributed by atoms with Gasteiger partial charge in [0.05, 0.1) is 0 Å². The molecule has 0 unspecified atom stereocenters. The van der Waals surface area contributed by atoms with Crippen molar-refractivity contribution in [3.05, 3.63) is 69.8 Å². The molecule has 0 saturated heterocycles. The van der Waals surface area contributed by atoms with Gasteiger partial charge in [-0.15, -0.1) is 0 Å². The summed E-state index contributed by atoms with van der Waals surface area (Å²) in [6, 6.07) is 12.0. The van der Waals surface area contributed by atoms with Gasteiger partial charge in [0.25, 0.3) is 0 Å². The first-order valence-corrected chi connectivity index (χ1v) is 12.5. The molecule has 2 amide bonds. The number of primary amides is 2. The van der Waals surface area contributed by atoms with Crippen LogP contribution in [0.4, 0.5) is 0 Å². The summed E-state index contributed by atoms with van der Waals surface area (Å²) in [7, 11) is 0. The van der Waals surface area contributed by atoms with Gasteiger partial charge in [0.1, 0.15) is 0 Å². The predicted molar refractivity (Wildman–Crippen MR) is 147 cm³/mol. The van der Waals surface area contributed by atoms with Crippen molar-refractivity contribution in [1.82, 2.24) is 0 Å². The Morgan fingerprint density at radius 2 is 0.684 bits per heavy atom. The van der Waals surface area contributed by atoms with Gasteiger partial charge in [0.2, 0.25) is 11.8 Å². The maximum atomic E-state index is 13.9. The first-order valence-electron chi connectivity index (χ1n) is 12.5. The molecule has 0 spiro atoms. The Kier molecular flexibility index (Phi) is 12.7. The molecule has 4 N–H and O–H groups in total. The molecule has 0 aliphatic heterocycles. The van der Waals surface area contributed by atoms with Gasteiger partial charge in [0.15, 0.2) is 5.41 Å². The van der Waals surface area contributed by atoms with Crippen LogP contribution in [0.3, 0.4) is 0 Å². The van der Waals surface area contributed by atoms with Crippen molar-refractivity contribution in [2.75, 3.05) is 0 Å². The molecular formula is C31H46Cl2N2O2Ti. The maximum Gasteiger partial charge on any atom is 2.00 e. The molecule has 0 bridgehead atoms. The van der Waals surface area contributed by atoms with Crippen molar-refractivity contribution in [3.63, 3.8) is 0 Å². The standard InChI is InChI=1S/C31H46N2O2.2ClH.Ti/c1-27(2,3)19-15-13-16-20(28(4,5)6)23(19)31(25(32)34,26(33)35)24-21(29(7,8)9)17-14-18-22(24)30(10,11)12;;;/h13-18H,1-12H3,(H2,32,34)(H2,33,35);2*1H;/q;;;+2/p-2. The van der Waals surface area contributed by atoms with E-state index in [0.717, 1.165) is 22.3 Å². The topological polar surface area (TPSA) is 86.2 Å². The fourth-order valence-corrected chi connectivity index (χ4v) is 5.15. The minimum absolute atomic E-state index is 0. The number of carbonyl (C=O) groups is 2. The van der Waals surface area contributed by atoms with Crippen LogP contribution in [0, 0.1) is 0 Å². The summed E-state index contributed by atoms with van der Waals surface area (Å²) < 4.78 is 0. The number of rotatable bonds is 4. The average Bonchev–Trinajstić information content (AvgIpc) is 2.64. The summed E-state index contributed by atoms with van der Waals surface area (Å²) in [5.74, 6) is -1.48. The Bertz CT molecular complexity index is 992. The van der Waals surface area contributed by atoms with E-state index in [1.54, 1.807) is 0 Å². The van der Waals surface area contributed by atoms with Gasteiger partial charge in [0, 0.05) is 0 Å². The number of halogens is 2. The van der Waals surface area contributed by atoms with E-state index in [4.69, 9.17) is 11.5 Å². The van der Waals surface area contributed by atoms with Crippen molar-refractivity contribution in [3.8, 4) is 0 Å². The van der Waals surface area contributed by atoms with Gasteiger partial charge in [-0.3, -0.25) is 9.59 Å². The zero-order chi connectivity index (χ0) is 27.4. The largest absolute Gasteiger partial charge is 2.00 e. The van der Waals surface area contributed by atoms with Crippen LogP contribution < -0.4 is 36.3 Å². The molecule has 0 saturated carbocycles. The molecule has 7 heteroatoms. The number of hydrogen-bond donors (Lipinski definition) is 2. The summed E-state index contributed by atoms with van der Waals surface area (Å²) in [4.78, 5) is 27.8. The first-order chi connectivity index (χ1) is 15.6. The second-order valence-electron chi connectivity index (χ2n) is 13.9. The van der Waals surface area contributed by atoms with Gasteiger partial charge in [-0.05, 0) is 55.0 Å². The number of amides is 2. The smallest absolute Gasteiger partial charge is 1.00 e. The average molecular weight is 597 g/mol. The van der Waals surface area contributed by atoms with Crippen LogP contribution in [-0.2, 0) is 58.4 Å². The van der Waals surface area contributed by atoms with Gasteiger partial charge in [-0.2, -0.15) is 0 Å². The fourth-order valence-electron chi connectivity index (χ4n) is 5.15. The Labute approximate surface area is 258 Å². The summed E-state index contributed by atoms with van der Waals surface area (Å²) in [6.45, 7) is 25.1. The van der Waals surface area contributed by atoms with E-state index < -0.39 is 17.2 Å². The van der Waals surface area contributed by atoms with E-state index >= 15 is 0 Å². The van der Waals surface area contributed by atoms with E-state index in [9.17, 15) is 9.59 Å². The van der Waals surface area contributed by atoms with Crippen LogP contribution in [0.15, 0.2) is 36.4 Å². The molecule has 0 atom stereocenters. The Balaban J connectivity index is 0. The molecule has 0 heterocycles. The molecule has 0 fully saturated rings. The third kappa shape index (κ3) is 7.05. The second-order valence-corrected chi connectivity index (χ2v) is 13.9. The summed E-state index contributed by atoms with van der Waals surface area (Å²) >= 11 is 0. The molecule has 2 aromatic carbocycles. The summed E-state index contributed by atoms with van der Waals surface area (Å²) in [5, 5.41) is 0. The van der Waals surface area contributed by atoms with Gasteiger partial charge in [-0.1, -0.05) is 119 Å². The Hall–Kier alpha value is -1.33. The minimum atomic E-state index is -1.85. The summed E-state index contributed by atoms with van der Waals surface area (Å²) in [5.41, 5.74) is 14.2. The molecule has 0 aromatic heterocycles. The normalized spacial score (nSPS) is 12.5. The van der Waals surface area contributed by atoms with Crippen LogP contribution in [0.2, 0.25) is 0 Å². The number of carbonyl (C=O) groups excluding carboxylic acids is 2. The van der Waals surface area contributed by atoms with Crippen LogP contribution in [0.1, 0.15) is 116 Å². The molecule has 0 aliphatic rings. The van der Waals surface area contributed by atoms with Gasteiger partial charge in [-0.25, -0.2) is 0 Å². The number of nitrogens with two attached hydrogens (primary N) is 2. The van der Waals surface area contributed by atoms with Crippen molar-refractivity contribution >= 4 is 11.8 Å². The summed E-state index contributed by atoms with van der Waals surface area (Å²) in [6.07, 6.45) is 0. The van der Waals surface area contributed by atoms with E-state index in [1.165, 1.54) is 0 Å². The van der Waals surface area contributed by atoms with Gasteiger partial charge >= 0.3 is 21.7 Å². The Morgan fingerprint density at radius 1 is 0.500 bits per heavy atom. The number of hydrogen-bond acceptors (Lipinski definition) is 2. The molecule has 0 radical (unpaired) electrons. The molecule has 210 valence electrons. The van der Waals surface area contributed by atoms with E-state index in [2.05, 4.69) is 83.1 Å². The molecule has 4 nitrogen and oxygen atoms in total. The van der Waals surface area contributed by atoms with Crippen LogP contribution >= 0.6 is 0 Å². The van der Waals surface area contributed by atoms with Crippen molar-refractivity contribution in [2.24, 2.45) is 11.5 Å². The van der Waals surface area contributed by atoms with Crippen LogP contribution in [0.25, 0.3) is 0 Å². The molecular weight excluding hydrogens is 551 g/mol. The SMILES string of the molecule is CC(C)(C)c1cccc(C(C)(C)C)c1C(C(N)=O)(C(N)=O)c1c(C(C)(C)C)cccc1C(C)(C)C.[Cl-].[Cl-].[Ti+2]. The molecule has 2 rings (SSSR count). The number of benzene rings is 2. The monoisotopic (exact) mass is 596 g/mol.